The maximum absolute atomic E-state index is 5.73. The molecule has 96 valence electrons. The number of hydrogen-bond donors (Lipinski definition) is 0. The molecule has 0 rings (SSSR count). The summed E-state index contributed by atoms with van der Waals surface area (Å²) in [7, 11) is -2.00. The van der Waals surface area contributed by atoms with Crippen LogP contribution in [-0.4, -0.2) is 21.8 Å². The van der Waals surface area contributed by atoms with E-state index in [0.29, 0.717) is 0 Å². The van der Waals surface area contributed by atoms with Crippen LogP contribution in [-0.2, 0) is 8.85 Å². The zero-order chi connectivity index (χ0) is 12.3. The predicted molar refractivity (Wildman–Crippen MR) is 72.8 cm³/mol. The van der Waals surface area contributed by atoms with Gasteiger partial charge in [0.1, 0.15) is 0 Å². The van der Waals surface area contributed by atoms with Crippen LogP contribution < -0.4 is 0 Å². The minimum atomic E-state index is -2.00. The number of rotatable bonds is 10. The van der Waals surface area contributed by atoms with Crippen LogP contribution in [0.2, 0.25) is 6.55 Å². The standard InChI is InChI=1S/C13H28O2Si/c1-5-8-9-10-11-12-13-16(4,14-6-2)15-7-3/h12-13H,5-11H2,1-4H3/b13-12+. The van der Waals surface area contributed by atoms with Crippen molar-refractivity contribution >= 4 is 8.56 Å². The van der Waals surface area contributed by atoms with E-state index in [-0.39, 0.29) is 0 Å². The Morgan fingerprint density at radius 1 is 0.938 bits per heavy atom. The molecule has 0 aromatic rings. The fourth-order valence-electron chi connectivity index (χ4n) is 1.70. The second-order valence-electron chi connectivity index (χ2n) is 4.13. The highest BCUT2D eigenvalue weighted by molar-refractivity contribution is 6.71. The molecule has 0 radical (unpaired) electrons. The summed E-state index contributed by atoms with van der Waals surface area (Å²) in [6, 6.07) is 0. The highest BCUT2D eigenvalue weighted by Crippen LogP contribution is 2.11. The molecule has 0 aliphatic heterocycles. The molecule has 3 heteroatoms. The molecule has 0 saturated carbocycles. The van der Waals surface area contributed by atoms with Gasteiger partial charge in [0.05, 0.1) is 0 Å². The molecular formula is C13H28O2Si. The number of allylic oxidation sites excluding steroid dienone is 1. The molecule has 0 amide bonds. The highest BCUT2D eigenvalue weighted by Gasteiger charge is 2.26. The van der Waals surface area contributed by atoms with Gasteiger partial charge >= 0.3 is 8.56 Å². The molecule has 0 N–H and O–H groups in total. The van der Waals surface area contributed by atoms with Crippen molar-refractivity contribution in [3.8, 4) is 0 Å². The Kier molecular flexibility index (Phi) is 9.98. The van der Waals surface area contributed by atoms with Crippen LogP contribution in [0.15, 0.2) is 11.8 Å². The van der Waals surface area contributed by atoms with Crippen molar-refractivity contribution in [2.75, 3.05) is 13.2 Å². The molecule has 16 heavy (non-hydrogen) atoms. The quantitative estimate of drug-likeness (QED) is 0.423. The summed E-state index contributed by atoms with van der Waals surface area (Å²) in [6.45, 7) is 9.89. The van der Waals surface area contributed by atoms with Gasteiger partial charge in [0.15, 0.2) is 0 Å². The Hall–Kier alpha value is -0.123. The van der Waals surface area contributed by atoms with Crippen LogP contribution in [0.4, 0.5) is 0 Å². The van der Waals surface area contributed by atoms with Gasteiger partial charge in [-0.3, -0.25) is 0 Å². The third-order valence-electron chi connectivity index (χ3n) is 2.51. The molecule has 0 aromatic carbocycles. The van der Waals surface area contributed by atoms with Crippen molar-refractivity contribution in [3.63, 3.8) is 0 Å². The third kappa shape index (κ3) is 8.08. The van der Waals surface area contributed by atoms with Crippen LogP contribution in [0.25, 0.3) is 0 Å². The zero-order valence-corrected chi connectivity index (χ0v) is 12.4. The van der Waals surface area contributed by atoms with Crippen molar-refractivity contribution in [3.05, 3.63) is 11.8 Å². The minimum absolute atomic E-state index is 0.739. The maximum atomic E-state index is 5.73. The Morgan fingerprint density at radius 2 is 1.56 bits per heavy atom. The fourth-order valence-corrected chi connectivity index (χ4v) is 3.71. The van der Waals surface area contributed by atoms with Crippen LogP contribution in [0.5, 0.6) is 0 Å². The van der Waals surface area contributed by atoms with Crippen molar-refractivity contribution in [1.29, 1.82) is 0 Å². The molecule has 0 spiro atoms. The minimum Gasteiger partial charge on any atom is -0.392 e. The first-order valence-corrected chi connectivity index (χ1v) is 9.03. The number of hydrogen-bond acceptors (Lipinski definition) is 2. The van der Waals surface area contributed by atoms with E-state index in [0.717, 1.165) is 19.6 Å². The Morgan fingerprint density at radius 3 is 2.06 bits per heavy atom. The van der Waals surface area contributed by atoms with Gasteiger partial charge in [0.2, 0.25) is 0 Å². The summed E-state index contributed by atoms with van der Waals surface area (Å²) in [5, 5.41) is 0. The molecule has 0 aromatic heterocycles. The van der Waals surface area contributed by atoms with Crippen molar-refractivity contribution in [2.24, 2.45) is 0 Å². The van der Waals surface area contributed by atoms with Gasteiger partial charge in [-0.15, -0.1) is 0 Å². The van der Waals surface area contributed by atoms with E-state index in [2.05, 4.69) is 25.2 Å². The average Bonchev–Trinajstić information content (AvgIpc) is 2.24. The lowest BCUT2D eigenvalue weighted by molar-refractivity contribution is 0.201. The smallest absolute Gasteiger partial charge is 0.361 e. The van der Waals surface area contributed by atoms with E-state index in [9.17, 15) is 0 Å². The molecular weight excluding hydrogens is 216 g/mol. The second-order valence-corrected chi connectivity index (χ2v) is 7.08. The SMILES string of the molecule is CCCCCC/C=C/[Si](C)(OCC)OCC. The van der Waals surface area contributed by atoms with Gasteiger partial charge in [-0.2, -0.15) is 0 Å². The van der Waals surface area contributed by atoms with E-state index in [1.54, 1.807) is 0 Å². The lowest BCUT2D eigenvalue weighted by Crippen LogP contribution is -2.36. The normalized spacial score (nSPS) is 12.5. The molecule has 0 aliphatic carbocycles. The van der Waals surface area contributed by atoms with Crippen LogP contribution in [0.3, 0.4) is 0 Å². The first-order chi connectivity index (χ1) is 7.68. The lowest BCUT2D eigenvalue weighted by Gasteiger charge is -2.22. The summed E-state index contributed by atoms with van der Waals surface area (Å²) in [5.74, 6) is 0. The predicted octanol–water partition coefficient (Wildman–Crippen LogP) is 4.20. The third-order valence-corrected chi connectivity index (χ3v) is 5.07. The molecule has 0 bridgehead atoms. The Bertz CT molecular complexity index is 175. The monoisotopic (exact) mass is 244 g/mol. The zero-order valence-electron chi connectivity index (χ0n) is 11.4. The summed E-state index contributed by atoms with van der Waals surface area (Å²) < 4.78 is 11.5. The summed E-state index contributed by atoms with van der Waals surface area (Å²) in [6.07, 6.45) is 8.67. The Labute approximate surface area is 102 Å². The largest absolute Gasteiger partial charge is 0.392 e. The lowest BCUT2D eigenvalue weighted by atomic mass is 10.2. The molecule has 0 saturated heterocycles. The molecule has 0 unspecified atom stereocenters. The van der Waals surface area contributed by atoms with E-state index in [1.807, 2.05) is 13.8 Å². The van der Waals surface area contributed by atoms with Crippen LogP contribution >= 0.6 is 0 Å². The van der Waals surface area contributed by atoms with Gasteiger partial charge in [-0.1, -0.05) is 32.3 Å². The van der Waals surface area contributed by atoms with Crippen LogP contribution in [0, 0.1) is 0 Å². The molecule has 0 heterocycles. The summed E-state index contributed by atoms with van der Waals surface area (Å²) in [4.78, 5) is 0. The van der Waals surface area contributed by atoms with Crippen LogP contribution in [0.1, 0.15) is 52.9 Å². The van der Waals surface area contributed by atoms with Crippen molar-refractivity contribution in [2.45, 2.75) is 59.4 Å². The first kappa shape index (κ1) is 15.9. The Balaban J connectivity index is 3.84. The maximum Gasteiger partial charge on any atom is 0.361 e. The first-order valence-electron chi connectivity index (χ1n) is 6.64. The summed E-state index contributed by atoms with van der Waals surface area (Å²) in [5.41, 5.74) is 2.19. The van der Waals surface area contributed by atoms with E-state index >= 15 is 0 Å². The highest BCUT2D eigenvalue weighted by atomic mass is 28.4. The van der Waals surface area contributed by atoms with Gasteiger partial charge in [-0.05, 0) is 38.9 Å². The second kappa shape index (κ2) is 10.1. The van der Waals surface area contributed by atoms with Gasteiger partial charge in [0, 0.05) is 13.2 Å². The molecule has 2 nitrogen and oxygen atoms in total. The average molecular weight is 244 g/mol. The fraction of sp³-hybridized carbons (Fsp3) is 0.846. The number of unbranched alkanes of at least 4 members (excludes halogenated alkanes) is 4. The van der Waals surface area contributed by atoms with Gasteiger partial charge < -0.3 is 8.85 Å². The van der Waals surface area contributed by atoms with Crippen molar-refractivity contribution < 1.29 is 8.85 Å². The summed E-state index contributed by atoms with van der Waals surface area (Å²) >= 11 is 0. The van der Waals surface area contributed by atoms with E-state index in [4.69, 9.17) is 8.85 Å². The van der Waals surface area contributed by atoms with E-state index in [1.165, 1.54) is 25.7 Å². The topological polar surface area (TPSA) is 18.5 Å². The van der Waals surface area contributed by atoms with Gasteiger partial charge in [-0.25, -0.2) is 0 Å². The molecule has 0 aliphatic rings. The van der Waals surface area contributed by atoms with Gasteiger partial charge in [0.25, 0.3) is 0 Å². The van der Waals surface area contributed by atoms with Crippen molar-refractivity contribution in [1.82, 2.24) is 0 Å². The molecule has 0 fully saturated rings. The van der Waals surface area contributed by atoms with E-state index < -0.39 is 8.56 Å². The molecule has 0 atom stereocenters.